The summed E-state index contributed by atoms with van der Waals surface area (Å²) in [4.78, 5) is 18.8. The molecule has 0 spiro atoms. The molecule has 1 atom stereocenters. The number of hydrogen-bond acceptors (Lipinski definition) is 4. The molecule has 4 nitrogen and oxygen atoms in total. The van der Waals surface area contributed by atoms with Crippen molar-refractivity contribution in [2.24, 2.45) is 0 Å². The summed E-state index contributed by atoms with van der Waals surface area (Å²) in [5, 5.41) is 5.12. The number of carbonyl (C=O) groups excluding carboxylic acids is 1. The molecular weight excluding hydrogens is 282 g/mol. The molecule has 0 aliphatic rings. The Balaban J connectivity index is 2.40. The van der Waals surface area contributed by atoms with Crippen molar-refractivity contribution in [2.75, 3.05) is 31.4 Å². The summed E-state index contributed by atoms with van der Waals surface area (Å²) < 4.78 is 0. The number of amides is 1. The van der Waals surface area contributed by atoms with E-state index >= 15 is 0 Å². The summed E-state index contributed by atoms with van der Waals surface area (Å²) in [7, 11) is 3.65. The summed E-state index contributed by atoms with van der Waals surface area (Å²) in [6.07, 6.45) is 2.04. The molecule has 0 aliphatic heterocycles. The Morgan fingerprint density at radius 1 is 1.43 bits per heavy atom. The average Bonchev–Trinajstić information content (AvgIpc) is 2.52. The van der Waals surface area contributed by atoms with Crippen LogP contribution in [0.4, 0.5) is 5.82 Å². The Kier molecular flexibility index (Phi) is 5.07. The van der Waals surface area contributed by atoms with Gasteiger partial charge < -0.3 is 10.2 Å². The van der Waals surface area contributed by atoms with E-state index in [1.54, 1.807) is 16.7 Å². The van der Waals surface area contributed by atoms with Crippen LogP contribution in [0, 0.1) is 0 Å². The molecule has 1 aromatic carbocycles. The zero-order valence-corrected chi connectivity index (χ0v) is 13.7. The lowest BCUT2D eigenvalue weighted by Gasteiger charge is -2.24. The molecule has 0 aliphatic carbocycles. The minimum absolute atomic E-state index is 0.0428. The first-order valence-corrected chi connectivity index (χ1v) is 8.31. The second-order valence-electron chi connectivity index (χ2n) is 5.05. The number of hydrogen-bond donors (Lipinski definition) is 1. The lowest BCUT2D eigenvalue weighted by Crippen LogP contribution is -2.37. The van der Waals surface area contributed by atoms with E-state index in [9.17, 15) is 4.79 Å². The fourth-order valence-electron chi connectivity index (χ4n) is 2.23. The Morgan fingerprint density at radius 3 is 2.81 bits per heavy atom. The van der Waals surface area contributed by atoms with E-state index in [1.165, 1.54) is 0 Å². The second kappa shape index (κ2) is 6.80. The molecule has 0 saturated carbocycles. The SMILES string of the molecule is CNc1nc(C(=O)N(C)C(C)CSC)cc2ccccc12. The van der Waals surface area contributed by atoms with E-state index in [-0.39, 0.29) is 11.9 Å². The third-order valence-electron chi connectivity index (χ3n) is 3.59. The lowest BCUT2D eigenvalue weighted by molar-refractivity contribution is 0.0752. The number of anilines is 1. The molecule has 2 aromatic rings. The van der Waals surface area contributed by atoms with Gasteiger partial charge in [-0.1, -0.05) is 24.3 Å². The highest BCUT2D eigenvalue weighted by Crippen LogP contribution is 2.23. The molecular formula is C16H21N3OS. The van der Waals surface area contributed by atoms with Crippen LogP contribution in [0.25, 0.3) is 10.8 Å². The van der Waals surface area contributed by atoms with Crippen LogP contribution in [0.2, 0.25) is 0 Å². The Hall–Kier alpha value is -1.75. The van der Waals surface area contributed by atoms with Crippen molar-refractivity contribution in [3.8, 4) is 0 Å². The first-order chi connectivity index (χ1) is 10.1. The summed E-state index contributed by atoms with van der Waals surface area (Å²) >= 11 is 1.73. The minimum atomic E-state index is -0.0428. The minimum Gasteiger partial charge on any atom is -0.373 e. The van der Waals surface area contributed by atoms with Gasteiger partial charge in [0.2, 0.25) is 0 Å². The smallest absolute Gasteiger partial charge is 0.272 e. The predicted octanol–water partition coefficient (Wildman–Crippen LogP) is 3.10. The topological polar surface area (TPSA) is 45.2 Å². The van der Waals surface area contributed by atoms with Gasteiger partial charge in [0.15, 0.2) is 0 Å². The molecule has 0 bridgehead atoms. The molecule has 21 heavy (non-hydrogen) atoms. The third-order valence-corrected chi connectivity index (χ3v) is 4.40. The summed E-state index contributed by atoms with van der Waals surface area (Å²) in [5.74, 6) is 1.61. The van der Waals surface area contributed by atoms with E-state index in [2.05, 4.69) is 17.2 Å². The van der Waals surface area contributed by atoms with Crippen LogP contribution >= 0.6 is 11.8 Å². The third kappa shape index (κ3) is 3.29. The van der Waals surface area contributed by atoms with Crippen molar-refractivity contribution in [3.63, 3.8) is 0 Å². The summed E-state index contributed by atoms with van der Waals surface area (Å²) in [6.45, 7) is 2.05. The number of thioether (sulfide) groups is 1. The zero-order chi connectivity index (χ0) is 15.4. The van der Waals surface area contributed by atoms with E-state index in [0.717, 1.165) is 22.3 Å². The number of rotatable bonds is 5. The molecule has 1 aromatic heterocycles. The van der Waals surface area contributed by atoms with Crippen LogP contribution in [-0.4, -0.2) is 47.9 Å². The van der Waals surface area contributed by atoms with Crippen molar-refractivity contribution in [1.29, 1.82) is 0 Å². The van der Waals surface area contributed by atoms with Gasteiger partial charge in [0, 0.05) is 31.3 Å². The van der Waals surface area contributed by atoms with Crippen molar-refractivity contribution in [3.05, 3.63) is 36.0 Å². The average molecular weight is 303 g/mol. The predicted molar refractivity (Wildman–Crippen MR) is 91.2 cm³/mol. The summed E-state index contributed by atoms with van der Waals surface area (Å²) in [5.41, 5.74) is 0.480. The Bertz CT molecular complexity index is 644. The van der Waals surface area contributed by atoms with E-state index in [0.29, 0.717) is 5.69 Å². The van der Waals surface area contributed by atoms with Crippen molar-refractivity contribution < 1.29 is 4.79 Å². The molecule has 1 unspecified atom stereocenters. The fourth-order valence-corrected chi connectivity index (χ4v) is 2.94. The Morgan fingerprint density at radius 2 is 2.14 bits per heavy atom. The number of aromatic nitrogens is 1. The number of nitrogens with one attached hydrogen (secondary N) is 1. The maximum atomic E-state index is 12.6. The normalized spacial score (nSPS) is 12.2. The number of benzene rings is 1. The van der Waals surface area contributed by atoms with Gasteiger partial charge in [-0.15, -0.1) is 0 Å². The van der Waals surface area contributed by atoms with Crippen molar-refractivity contribution >= 4 is 34.3 Å². The molecule has 1 heterocycles. The molecule has 1 amide bonds. The molecule has 5 heteroatoms. The van der Waals surface area contributed by atoms with Crippen LogP contribution in [0.15, 0.2) is 30.3 Å². The Labute approximate surface area is 129 Å². The maximum Gasteiger partial charge on any atom is 0.272 e. The van der Waals surface area contributed by atoms with Crippen LogP contribution in [0.5, 0.6) is 0 Å². The summed E-state index contributed by atoms with van der Waals surface area (Å²) in [6, 6.07) is 9.98. The van der Waals surface area contributed by atoms with E-state index in [1.807, 2.05) is 50.7 Å². The van der Waals surface area contributed by atoms with Gasteiger partial charge in [-0.25, -0.2) is 4.98 Å². The second-order valence-corrected chi connectivity index (χ2v) is 5.96. The lowest BCUT2D eigenvalue weighted by atomic mass is 10.1. The van der Waals surface area contributed by atoms with Gasteiger partial charge in [0.25, 0.3) is 5.91 Å². The first-order valence-electron chi connectivity index (χ1n) is 6.92. The molecule has 2 rings (SSSR count). The highest BCUT2D eigenvalue weighted by atomic mass is 32.2. The van der Waals surface area contributed by atoms with Gasteiger partial charge in [0.05, 0.1) is 0 Å². The van der Waals surface area contributed by atoms with Crippen molar-refractivity contribution in [2.45, 2.75) is 13.0 Å². The van der Waals surface area contributed by atoms with Crippen LogP contribution in [-0.2, 0) is 0 Å². The van der Waals surface area contributed by atoms with Crippen LogP contribution in [0.1, 0.15) is 17.4 Å². The van der Waals surface area contributed by atoms with Gasteiger partial charge in [-0.2, -0.15) is 11.8 Å². The van der Waals surface area contributed by atoms with Crippen LogP contribution < -0.4 is 5.32 Å². The van der Waals surface area contributed by atoms with Gasteiger partial charge in [0.1, 0.15) is 11.5 Å². The standard InChI is InChI=1S/C16H21N3OS/c1-11(10-21-4)19(3)16(20)14-9-12-7-5-6-8-13(12)15(17-2)18-14/h5-9,11H,10H2,1-4H3,(H,17,18). The molecule has 1 N–H and O–H groups in total. The number of pyridine rings is 1. The molecule has 112 valence electrons. The number of carbonyl (C=O) groups is 1. The van der Waals surface area contributed by atoms with Gasteiger partial charge >= 0.3 is 0 Å². The highest BCUT2D eigenvalue weighted by molar-refractivity contribution is 7.98. The monoisotopic (exact) mass is 303 g/mol. The molecule has 0 fully saturated rings. The van der Waals surface area contributed by atoms with Gasteiger partial charge in [-0.3, -0.25) is 4.79 Å². The zero-order valence-electron chi connectivity index (χ0n) is 12.9. The largest absolute Gasteiger partial charge is 0.373 e. The van der Waals surface area contributed by atoms with E-state index < -0.39 is 0 Å². The maximum absolute atomic E-state index is 12.6. The fraction of sp³-hybridized carbons (Fsp3) is 0.375. The van der Waals surface area contributed by atoms with E-state index in [4.69, 9.17) is 0 Å². The number of fused-ring (bicyclic) bond motifs is 1. The van der Waals surface area contributed by atoms with Crippen LogP contribution in [0.3, 0.4) is 0 Å². The highest BCUT2D eigenvalue weighted by Gasteiger charge is 2.19. The molecule has 0 radical (unpaired) electrons. The quantitative estimate of drug-likeness (QED) is 0.922. The van der Waals surface area contributed by atoms with Crippen molar-refractivity contribution in [1.82, 2.24) is 9.88 Å². The number of nitrogens with zero attached hydrogens (tertiary/aromatic N) is 2. The first kappa shape index (κ1) is 15.6. The van der Waals surface area contributed by atoms with Gasteiger partial charge in [-0.05, 0) is 24.6 Å². The molecule has 0 saturated heterocycles.